The Balaban J connectivity index is 1.95. The highest BCUT2D eigenvalue weighted by Gasteiger charge is 2.29. The van der Waals surface area contributed by atoms with E-state index in [1.807, 2.05) is 13.0 Å². The molecule has 5 nitrogen and oxygen atoms in total. The minimum absolute atomic E-state index is 0.0422. The van der Waals surface area contributed by atoms with Gasteiger partial charge in [-0.05, 0) is 31.4 Å². The van der Waals surface area contributed by atoms with Crippen LogP contribution in [0.15, 0.2) is 12.1 Å². The number of rotatable bonds is 5. The molecule has 1 aliphatic rings. The van der Waals surface area contributed by atoms with Crippen LogP contribution in [0.1, 0.15) is 62.0 Å². The molecule has 0 bridgehead atoms. The van der Waals surface area contributed by atoms with E-state index in [4.69, 9.17) is 16.3 Å². The zero-order valence-corrected chi connectivity index (χ0v) is 16.1. The Labute approximate surface area is 156 Å². The van der Waals surface area contributed by atoms with E-state index in [1.54, 1.807) is 10.6 Å². The molecule has 7 heteroatoms. The van der Waals surface area contributed by atoms with Gasteiger partial charge in [0.2, 0.25) is 5.91 Å². The van der Waals surface area contributed by atoms with Crippen molar-refractivity contribution in [3.05, 3.63) is 22.2 Å². The molecule has 0 aromatic carbocycles. The van der Waals surface area contributed by atoms with Crippen molar-refractivity contribution in [2.75, 3.05) is 7.11 Å². The molecule has 1 N–H and O–H groups in total. The van der Waals surface area contributed by atoms with Gasteiger partial charge in [0.05, 0.1) is 21.7 Å². The van der Waals surface area contributed by atoms with Crippen molar-refractivity contribution in [3.8, 4) is 0 Å². The summed E-state index contributed by atoms with van der Waals surface area (Å²) in [6.45, 7) is 1.95. The first-order valence-corrected chi connectivity index (χ1v) is 9.93. The quantitative estimate of drug-likeness (QED) is 0.772. The number of ether oxygens (including phenoxy) is 1. The highest BCUT2D eigenvalue weighted by molar-refractivity contribution is 7.22. The maximum atomic E-state index is 12.9. The summed E-state index contributed by atoms with van der Waals surface area (Å²) in [7, 11) is 1.35. The maximum Gasteiger partial charge on any atom is 0.354 e. The van der Waals surface area contributed by atoms with Gasteiger partial charge in [-0.15, -0.1) is 11.3 Å². The van der Waals surface area contributed by atoms with Gasteiger partial charge in [-0.25, -0.2) is 4.79 Å². The van der Waals surface area contributed by atoms with E-state index >= 15 is 0 Å². The number of thiophene rings is 1. The van der Waals surface area contributed by atoms with Crippen molar-refractivity contribution in [1.82, 2.24) is 9.88 Å². The van der Waals surface area contributed by atoms with Crippen LogP contribution in [-0.2, 0) is 9.53 Å². The molecule has 2 heterocycles. The summed E-state index contributed by atoms with van der Waals surface area (Å²) < 4.78 is 8.21. The van der Waals surface area contributed by atoms with Gasteiger partial charge < -0.3 is 14.6 Å². The number of nitrogens with one attached hydrogen (secondary N) is 1. The Bertz CT molecular complexity index is 777. The molecule has 2 aromatic heterocycles. The fraction of sp³-hybridized carbons (Fsp3) is 0.556. The van der Waals surface area contributed by atoms with Crippen molar-refractivity contribution >= 4 is 45.0 Å². The highest BCUT2D eigenvalue weighted by Crippen LogP contribution is 2.35. The molecule has 1 atom stereocenters. The smallest absolute Gasteiger partial charge is 0.354 e. The zero-order valence-electron chi connectivity index (χ0n) is 14.5. The van der Waals surface area contributed by atoms with Crippen molar-refractivity contribution in [2.45, 2.75) is 57.5 Å². The summed E-state index contributed by atoms with van der Waals surface area (Å²) in [4.78, 5) is 25.2. The maximum absolute atomic E-state index is 12.9. The monoisotopic (exact) mass is 382 g/mol. The number of hydrogen-bond donors (Lipinski definition) is 1. The third kappa shape index (κ3) is 3.70. The summed E-state index contributed by atoms with van der Waals surface area (Å²) >= 11 is 7.53. The number of halogens is 1. The molecule has 3 rings (SSSR count). The van der Waals surface area contributed by atoms with E-state index < -0.39 is 12.0 Å². The van der Waals surface area contributed by atoms with Crippen LogP contribution in [-0.4, -0.2) is 29.6 Å². The number of hydrogen-bond acceptors (Lipinski definition) is 4. The fourth-order valence-corrected chi connectivity index (χ4v) is 4.77. The van der Waals surface area contributed by atoms with Gasteiger partial charge in [0.25, 0.3) is 0 Å². The van der Waals surface area contributed by atoms with Crippen LogP contribution in [0.3, 0.4) is 0 Å². The minimum atomic E-state index is -0.459. The Hall–Kier alpha value is -1.53. The molecule has 0 aliphatic heterocycles. The van der Waals surface area contributed by atoms with Crippen LogP contribution in [0, 0.1) is 0 Å². The van der Waals surface area contributed by atoms with Crippen LogP contribution < -0.4 is 5.32 Å². The Kier molecular flexibility index (Phi) is 5.69. The Morgan fingerprint density at radius 2 is 2.08 bits per heavy atom. The molecule has 1 aliphatic carbocycles. The summed E-state index contributed by atoms with van der Waals surface area (Å²) in [5.41, 5.74) is 1.20. The molecular formula is C18H23ClN2O3S. The molecular weight excluding hydrogens is 360 g/mol. The average Bonchev–Trinajstić information content (AvgIpc) is 3.13. The number of aromatic nitrogens is 1. The SMILES string of the molecule is CC[C@@H](C(=O)NC1CCCCC1)n1c(C(=O)OC)cc2sc(Cl)cc21. The summed E-state index contributed by atoms with van der Waals surface area (Å²) in [6.07, 6.45) is 6.18. The first-order chi connectivity index (χ1) is 12.0. The molecule has 0 unspecified atom stereocenters. The van der Waals surface area contributed by atoms with E-state index in [1.165, 1.54) is 24.9 Å². The lowest BCUT2D eigenvalue weighted by atomic mass is 9.95. The number of amides is 1. The van der Waals surface area contributed by atoms with Gasteiger partial charge in [0, 0.05) is 6.04 Å². The van der Waals surface area contributed by atoms with Crippen LogP contribution in [0.4, 0.5) is 0 Å². The molecule has 0 spiro atoms. The van der Waals surface area contributed by atoms with Gasteiger partial charge in [-0.1, -0.05) is 37.8 Å². The average molecular weight is 383 g/mol. The molecule has 0 saturated heterocycles. The molecule has 1 saturated carbocycles. The van der Waals surface area contributed by atoms with Gasteiger partial charge in [0.1, 0.15) is 11.7 Å². The lowest BCUT2D eigenvalue weighted by Gasteiger charge is -2.26. The van der Waals surface area contributed by atoms with Crippen molar-refractivity contribution in [1.29, 1.82) is 0 Å². The van der Waals surface area contributed by atoms with Gasteiger partial charge in [0.15, 0.2) is 0 Å². The standard InChI is InChI=1S/C18H23ClN2O3S/c1-3-12(17(22)20-11-7-5-4-6-8-11)21-13-10-16(19)25-15(13)9-14(21)18(23)24-2/h9-12H,3-8H2,1-2H3,(H,20,22)/t12-/m0/s1. The Morgan fingerprint density at radius 3 is 2.72 bits per heavy atom. The number of nitrogens with zero attached hydrogens (tertiary/aromatic N) is 1. The number of carbonyl (C=O) groups excluding carboxylic acids is 2. The molecule has 1 fully saturated rings. The van der Waals surface area contributed by atoms with Crippen molar-refractivity contribution < 1.29 is 14.3 Å². The van der Waals surface area contributed by atoms with Crippen LogP contribution in [0.2, 0.25) is 4.34 Å². The molecule has 136 valence electrons. The van der Waals surface area contributed by atoms with E-state index in [2.05, 4.69) is 5.32 Å². The summed E-state index contributed by atoms with van der Waals surface area (Å²) in [6, 6.07) is 3.34. The summed E-state index contributed by atoms with van der Waals surface area (Å²) in [5.74, 6) is -0.484. The molecule has 1 amide bonds. The van der Waals surface area contributed by atoms with Gasteiger partial charge in [-0.3, -0.25) is 4.79 Å². The number of fused-ring (bicyclic) bond motifs is 1. The van der Waals surface area contributed by atoms with Gasteiger partial charge >= 0.3 is 5.97 Å². The van der Waals surface area contributed by atoms with Crippen LogP contribution in [0.5, 0.6) is 0 Å². The largest absolute Gasteiger partial charge is 0.464 e. The van der Waals surface area contributed by atoms with E-state index in [0.29, 0.717) is 16.5 Å². The predicted molar refractivity (Wildman–Crippen MR) is 101 cm³/mol. The van der Waals surface area contributed by atoms with E-state index in [-0.39, 0.29) is 11.9 Å². The number of methoxy groups -OCH3 is 1. The fourth-order valence-electron chi connectivity index (χ4n) is 3.61. The Morgan fingerprint density at radius 1 is 1.36 bits per heavy atom. The lowest BCUT2D eigenvalue weighted by molar-refractivity contribution is -0.125. The first-order valence-electron chi connectivity index (χ1n) is 8.74. The topological polar surface area (TPSA) is 60.3 Å². The second-order valence-electron chi connectivity index (χ2n) is 6.46. The molecule has 25 heavy (non-hydrogen) atoms. The predicted octanol–water partition coefficient (Wildman–Crippen LogP) is 4.54. The minimum Gasteiger partial charge on any atom is -0.464 e. The molecule has 2 aromatic rings. The second kappa shape index (κ2) is 7.79. The zero-order chi connectivity index (χ0) is 18.0. The first kappa shape index (κ1) is 18.3. The van der Waals surface area contributed by atoms with Crippen molar-refractivity contribution in [3.63, 3.8) is 0 Å². The van der Waals surface area contributed by atoms with E-state index in [9.17, 15) is 9.59 Å². The third-order valence-electron chi connectivity index (χ3n) is 4.84. The van der Waals surface area contributed by atoms with Crippen molar-refractivity contribution in [2.24, 2.45) is 0 Å². The normalized spacial score (nSPS) is 16.8. The second-order valence-corrected chi connectivity index (χ2v) is 8.17. The molecule has 0 radical (unpaired) electrons. The number of carbonyl (C=O) groups is 2. The third-order valence-corrected chi connectivity index (χ3v) is 6.04. The highest BCUT2D eigenvalue weighted by atomic mass is 35.5. The lowest BCUT2D eigenvalue weighted by Crippen LogP contribution is -2.41. The number of esters is 1. The van der Waals surface area contributed by atoms with Crippen LogP contribution >= 0.6 is 22.9 Å². The van der Waals surface area contributed by atoms with Gasteiger partial charge in [-0.2, -0.15) is 0 Å². The van der Waals surface area contributed by atoms with Crippen LogP contribution in [0.25, 0.3) is 10.2 Å². The van der Waals surface area contributed by atoms with E-state index in [0.717, 1.165) is 35.9 Å². The summed E-state index contributed by atoms with van der Waals surface area (Å²) in [5, 5.41) is 3.17.